The van der Waals surface area contributed by atoms with Gasteiger partial charge in [-0.15, -0.1) is 0 Å². The van der Waals surface area contributed by atoms with Crippen LogP contribution >= 0.6 is 0 Å². The summed E-state index contributed by atoms with van der Waals surface area (Å²) in [4.78, 5) is 13.4. The Hall–Kier alpha value is -2.23. The van der Waals surface area contributed by atoms with Gasteiger partial charge in [0.15, 0.2) is 0 Å². The fourth-order valence-corrected chi connectivity index (χ4v) is 2.07. The molecule has 0 bridgehead atoms. The minimum atomic E-state index is -0.00135. The van der Waals surface area contributed by atoms with E-state index in [1.54, 1.807) is 17.7 Å². The molecule has 20 heavy (non-hydrogen) atoms. The Morgan fingerprint density at radius 3 is 2.30 bits per heavy atom. The number of hydrogen-bond donors (Lipinski definition) is 1. The largest absolute Gasteiger partial charge is 0.378 e. The summed E-state index contributed by atoms with van der Waals surface area (Å²) in [5.41, 5.74) is 3.34. The first kappa shape index (κ1) is 14.2. The van der Waals surface area contributed by atoms with E-state index in [0.717, 1.165) is 5.69 Å². The number of anilines is 2. The van der Waals surface area contributed by atoms with Crippen LogP contribution in [0.1, 0.15) is 18.5 Å². The van der Waals surface area contributed by atoms with Crippen molar-refractivity contribution in [1.82, 2.24) is 4.57 Å². The van der Waals surface area contributed by atoms with Gasteiger partial charge in [0.2, 0.25) is 5.56 Å². The molecule has 0 spiro atoms. The molecular weight excluding hydrogens is 250 g/mol. The molecule has 106 valence electrons. The quantitative estimate of drug-likeness (QED) is 0.929. The molecule has 0 saturated heterocycles. The topological polar surface area (TPSA) is 37.3 Å². The molecule has 4 heteroatoms. The van der Waals surface area contributed by atoms with Crippen LogP contribution in [0.25, 0.3) is 0 Å². The van der Waals surface area contributed by atoms with Gasteiger partial charge in [0.25, 0.3) is 0 Å². The lowest BCUT2D eigenvalue weighted by Crippen LogP contribution is -2.16. The maximum absolute atomic E-state index is 11.4. The Labute approximate surface area is 119 Å². The van der Waals surface area contributed by atoms with Crippen molar-refractivity contribution in [1.29, 1.82) is 0 Å². The van der Waals surface area contributed by atoms with Gasteiger partial charge in [-0.2, -0.15) is 0 Å². The zero-order chi connectivity index (χ0) is 14.7. The van der Waals surface area contributed by atoms with Gasteiger partial charge in [-0.05, 0) is 30.7 Å². The number of aromatic nitrogens is 1. The van der Waals surface area contributed by atoms with E-state index in [9.17, 15) is 4.79 Å². The molecule has 0 amide bonds. The van der Waals surface area contributed by atoms with Crippen LogP contribution < -0.4 is 15.8 Å². The molecule has 2 rings (SSSR count). The molecule has 1 unspecified atom stereocenters. The maximum Gasteiger partial charge on any atom is 0.250 e. The number of rotatable bonds is 4. The van der Waals surface area contributed by atoms with Gasteiger partial charge in [-0.3, -0.25) is 4.79 Å². The zero-order valence-electron chi connectivity index (χ0n) is 12.4. The summed E-state index contributed by atoms with van der Waals surface area (Å²) in [7, 11) is 5.81. The van der Waals surface area contributed by atoms with Crippen molar-refractivity contribution in [2.24, 2.45) is 7.05 Å². The Morgan fingerprint density at radius 1 is 1.10 bits per heavy atom. The molecule has 1 aromatic carbocycles. The first-order valence-electron chi connectivity index (χ1n) is 6.68. The van der Waals surface area contributed by atoms with Crippen molar-refractivity contribution in [3.05, 3.63) is 58.5 Å². The highest BCUT2D eigenvalue weighted by Crippen LogP contribution is 2.21. The predicted octanol–water partition coefficient (Wildman–Crippen LogP) is 2.62. The highest BCUT2D eigenvalue weighted by atomic mass is 16.1. The average Bonchev–Trinajstić information content (AvgIpc) is 2.43. The van der Waals surface area contributed by atoms with E-state index in [1.807, 2.05) is 26.4 Å². The summed E-state index contributed by atoms with van der Waals surface area (Å²) in [6, 6.07) is 12.0. The first-order valence-corrected chi connectivity index (χ1v) is 6.68. The monoisotopic (exact) mass is 271 g/mol. The second-order valence-corrected chi connectivity index (χ2v) is 5.22. The molecule has 0 fully saturated rings. The number of hydrogen-bond acceptors (Lipinski definition) is 3. The fourth-order valence-electron chi connectivity index (χ4n) is 2.07. The number of nitrogens with one attached hydrogen (secondary N) is 1. The molecule has 1 heterocycles. The van der Waals surface area contributed by atoms with E-state index in [1.165, 1.54) is 11.3 Å². The molecule has 0 aliphatic rings. The van der Waals surface area contributed by atoms with Crippen LogP contribution in [0.3, 0.4) is 0 Å². The van der Waals surface area contributed by atoms with Crippen LogP contribution in [0.15, 0.2) is 47.4 Å². The Morgan fingerprint density at radius 2 is 1.75 bits per heavy atom. The molecular formula is C16H21N3O. The lowest BCUT2D eigenvalue weighted by Gasteiger charge is -2.18. The van der Waals surface area contributed by atoms with Crippen LogP contribution in [-0.4, -0.2) is 18.7 Å². The minimum absolute atomic E-state index is 0.00135. The fraction of sp³-hybridized carbons (Fsp3) is 0.312. The maximum atomic E-state index is 11.4. The second kappa shape index (κ2) is 5.82. The number of nitrogens with zero attached hydrogens (tertiary/aromatic N) is 2. The molecule has 1 atom stereocenters. The lowest BCUT2D eigenvalue weighted by molar-refractivity contribution is 0.840. The Kier molecular flexibility index (Phi) is 4.13. The van der Waals surface area contributed by atoms with Gasteiger partial charge in [0.05, 0.1) is 5.69 Å². The van der Waals surface area contributed by atoms with E-state index in [-0.39, 0.29) is 11.6 Å². The van der Waals surface area contributed by atoms with Gasteiger partial charge in [0.1, 0.15) is 0 Å². The summed E-state index contributed by atoms with van der Waals surface area (Å²) < 4.78 is 1.57. The summed E-state index contributed by atoms with van der Waals surface area (Å²) >= 11 is 0. The van der Waals surface area contributed by atoms with Crippen molar-refractivity contribution >= 4 is 11.4 Å². The van der Waals surface area contributed by atoms with Crippen molar-refractivity contribution in [3.63, 3.8) is 0 Å². The van der Waals surface area contributed by atoms with Crippen molar-refractivity contribution < 1.29 is 0 Å². The second-order valence-electron chi connectivity index (χ2n) is 5.22. The molecule has 0 aliphatic heterocycles. The Balaban J connectivity index is 2.12. The van der Waals surface area contributed by atoms with E-state index >= 15 is 0 Å². The number of benzene rings is 1. The van der Waals surface area contributed by atoms with E-state index in [2.05, 4.69) is 41.4 Å². The van der Waals surface area contributed by atoms with Crippen LogP contribution in [0.4, 0.5) is 11.4 Å². The predicted molar refractivity (Wildman–Crippen MR) is 84.5 cm³/mol. The van der Waals surface area contributed by atoms with Crippen molar-refractivity contribution in [2.45, 2.75) is 13.0 Å². The summed E-state index contributed by atoms with van der Waals surface area (Å²) in [5.74, 6) is 0. The standard InChI is InChI=1S/C16H21N3O/c1-12(13-5-8-15(9-6-13)18(2)3)17-14-7-10-16(20)19(4)11-14/h5-12,17H,1-4H3. The molecule has 4 nitrogen and oxygen atoms in total. The first-order chi connectivity index (χ1) is 9.47. The van der Waals surface area contributed by atoms with Crippen molar-refractivity contribution in [3.8, 4) is 0 Å². The minimum Gasteiger partial charge on any atom is -0.378 e. The van der Waals surface area contributed by atoms with Crippen LogP contribution in [-0.2, 0) is 7.05 Å². The van der Waals surface area contributed by atoms with Gasteiger partial charge in [-0.1, -0.05) is 12.1 Å². The molecule has 0 aliphatic carbocycles. The number of aryl methyl sites for hydroxylation is 1. The SMILES string of the molecule is CC(Nc1ccc(=O)n(C)c1)c1ccc(N(C)C)cc1. The number of pyridine rings is 1. The normalized spacial score (nSPS) is 12.0. The highest BCUT2D eigenvalue weighted by Gasteiger charge is 2.06. The van der Waals surface area contributed by atoms with Crippen LogP contribution in [0.2, 0.25) is 0 Å². The van der Waals surface area contributed by atoms with Crippen molar-refractivity contribution in [2.75, 3.05) is 24.3 Å². The van der Waals surface area contributed by atoms with Gasteiger partial charge < -0.3 is 14.8 Å². The third-order valence-electron chi connectivity index (χ3n) is 3.38. The lowest BCUT2D eigenvalue weighted by atomic mass is 10.1. The third-order valence-corrected chi connectivity index (χ3v) is 3.38. The van der Waals surface area contributed by atoms with E-state index < -0.39 is 0 Å². The molecule has 0 saturated carbocycles. The van der Waals surface area contributed by atoms with Crippen LogP contribution in [0.5, 0.6) is 0 Å². The molecule has 2 aromatic rings. The average molecular weight is 271 g/mol. The summed E-state index contributed by atoms with van der Waals surface area (Å²) in [5, 5.41) is 3.40. The molecule has 1 N–H and O–H groups in total. The van der Waals surface area contributed by atoms with Gasteiger partial charge in [0, 0.05) is 45.1 Å². The summed E-state index contributed by atoms with van der Waals surface area (Å²) in [6.07, 6.45) is 1.81. The smallest absolute Gasteiger partial charge is 0.250 e. The zero-order valence-corrected chi connectivity index (χ0v) is 12.4. The third kappa shape index (κ3) is 3.20. The van der Waals surface area contributed by atoms with E-state index in [0.29, 0.717) is 0 Å². The van der Waals surface area contributed by atoms with Crippen LogP contribution in [0, 0.1) is 0 Å². The summed E-state index contributed by atoms with van der Waals surface area (Å²) in [6.45, 7) is 2.11. The molecule has 0 radical (unpaired) electrons. The Bertz CT molecular complexity index is 629. The van der Waals surface area contributed by atoms with E-state index in [4.69, 9.17) is 0 Å². The highest BCUT2D eigenvalue weighted by molar-refractivity contribution is 5.48. The van der Waals surface area contributed by atoms with Gasteiger partial charge >= 0.3 is 0 Å². The molecule has 1 aromatic heterocycles. The van der Waals surface area contributed by atoms with Gasteiger partial charge in [-0.25, -0.2) is 0 Å².